The first kappa shape index (κ1) is 21.0. The van der Waals surface area contributed by atoms with E-state index in [0.29, 0.717) is 31.2 Å². The van der Waals surface area contributed by atoms with Gasteiger partial charge in [0.15, 0.2) is 0 Å². The summed E-state index contributed by atoms with van der Waals surface area (Å²) in [5, 5.41) is 3.72. The molecule has 162 valence electrons. The highest BCUT2D eigenvalue weighted by Crippen LogP contribution is 2.30. The molecule has 0 aliphatic carbocycles. The van der Waals surface area contributed by atoms with Gasteiger partial charge < -0.3 is 25.4 Å². The lowest BCUT2D eigenvalue weighted by Gasteiger charge is -2.14. The maximum atomic E-state index is 12.3. The predicted molar refractivity (Wildman–Crippen MR) is 120 cm³/mol. The van der Waals surface area contributed by atoms with Crippen molar-refractivity contribution < 1.29 is 14.3 Å². The van der Waals surface area contributed by atoms with E-state index in [1.165, 1.54) is 0 Å². The molecule has 2 aromatic carbocycles. The maximum absolute atomic E-state index is 12.3. The lowest BCUT2D eigenvalue weighted by Crippen LogP contribution is -2.31. The molecule has 0 bridgehead atoms. The first-order chi connectivity index (χ1) is 15.0. The number of nitrogens with two attached hydrogens (primary N) is 1. The van der Waals surface area contributed by atoms with Crippen molar-refractivity contribution >= 4 is 22.8 Å². The zero-order valence-corrected chi connectivity index (χ0v) is 17.8. The molecular formula is C23H27N5O3. The lowest BCUT2D eigenvalue weighted by atomic mass is 10.0. The molecule has 1 saturated heterocycles. The van der Waals surface area contributed by atoms with Gasteiger partial charge in [-0.15, -0.1) is 0 Å². The SMILES string of the molecule is CN(C)CCNC(=O)c1ccc(-c2ccc3nc(N)nc(OC4CCOC4)c3c2)cc1. The van der Waals surface area contributed by atoms with Crippen molar-refractivity contribution in [2.75, 3.05) is 46.1 Å². The van der Waals surface area contributed by atoms with Crippen LogP contribution < -0.4 is 15.8 Å². The molecule has 0 saturated carbocycles. The smallest absolute Gasteiger partial charge is 0.251 e. The Morgan fingerprint density at radius 1 is 1.19 bits per heavy atom. The van der Waals surface area contributed by atoms with E-state index in [0.717, 1.165) is 35.0 Å². The topological polar surface area (TPSA) is 103 Å². The molecule has 8 nitrogen and oxygen atoms in total. The van der Waals surface area contributed by atoms with Gasteiger partial charge in [-0.1, -0.05) is 18.2 Å². The van der Waals surface area contributed by atoms with Crippen molar-refractivity contribution in [1.82, 2.24) is 20.2 Å². The van der Waals surface area contributed by atoms with Crippen molar-refractivity contribution in [2.24, 2.45) is 0 Å². The minimum atomic E-state index is -0.0785. The van der Waals surface area contributed by atoms with E-state index < -0.39 is 0 Å². The van der Waals surface area contributed by atoms with Gasteiger partial charge in [0.25, 0.3) is 5.91 Å². The van der Waals surface area contributed by atoms with Gasteiger partial charge in [-0.25, -0.2) is 4.98 Å². The number of anilines is 1. The number of nitrogens with one attached hydrogen (secondary N) is 1. The second kappa shape index (κ2) is 9.28. The number of aromatic nitrogens is 2. The van der Waals surface area contributed by atoms with E-state index in [1.807, 2.05) is 61.5 Å². The number of carbonyl (C=O) groups is 1. The van der Waals surface area contributed by atoms with Gasteiger partial charge in [0, 0.05) is 25.1 Å². The third kappa shape index (κ3) is 5.10. The van der Waals surface area contributed by atoms with Gasteiger partial charge in [0.1, 0.15) is 6.10 Å². The average molecular weight is 422 g/mol. The Morgan fingerprint density at radius 2 is 1.97 bits per heavy atom. The molecule has 1 aliphatic heterocycles. The predicted octanol–water partition coefficient (Wildman–Crippen LogP) is 2.34. The van der Waals surface area contributed by atoms with Crippen LogP contribution in [0, 0.1) is 0 Å². The molecule has 31 heavy (non-hydrogen) atoms. The molecule has 1 unspecified atom stereocenters. The number of ether oxygens (including phenoxy) is 2. The third-order valence-corrected chi connectivity index (χ3v) is 5.17. The Morgan fingerprint density at radius 3 is 2.68 bits per heavy atom. The number of rotatable bonds is 7. The van der Waals surface area contributed by atoms with Gasteiger partial charge in [-0.2, -0.15) is 4.98 Å². The van der Waals surface area contributed by atoms with Crippen LogP contribution in [0.1, 0.15) is 16.8 Å². The molecule has 4 rings (SSSR count). The zero-order valence-electron chi connectivity index (χ0n) is 17.8. The fourth-order valence-electron chi connectivity index (χ4n) is 3.46. The summed E-state index contributed by atoms with van der Waals surface area (Å²) >= 11 is 0. The largest absolute Gasteiger partial charge is 0.471 e. The summed E-state index contributed by atoms with van der Waals surface area (Å²) in [6.07, 6.45) is 0.787. The highest BCUT2D eigenvalue weighted by atomic mass is 16.5. The fourth-order valence-corrected chi connectivity index (χ4v) is 3.46. The van der Waals surface area contributed by atoms with Crippen LogP contribution in [0.25, 0.3) is 22.0 Å². The molecule has 1 aliphatic rings. The second-order valence-electron chi connectivity index (χ2n) is 7.86. The molecule has 3 N–H and O–H groups in total. The van der Waals surface area contributed by atoms with Crippen LogP contribution in [0.3, 0.4) is 0 Å². The summed E-state index contributed by atoms with van der Waals surface area (Å²) < 4.78 is 11.4. The fraction of sp³-hybridized carbons (Fsp3) is 0.348. The van der Waals surface area contributed by atoms with E-state index in [4.69, 9.17) is 15.2 Å². The number of benzene rings is 2. The Balaban J connectivity index is 1.56. The van der Waals surface area contributed by atoms with Gasteiger partial charge in [0.05, 0.1) is 24.1 Å². The van der Waals surface area contributed by atoms with E-state index in [1.54, 1.807) is 0 Å². The van der Waals surface area contributed by atoms with Crippen molar-refractivity contribution in [3.63, 3.8) is 0 Å². The minimum Gasteiger partial charge on any atom is -0.471 e. The van der Waals surface area contributed by atoms with E-state index >= 15 is 0 Å². The average Bonchev–Trinajstić information content (AvgIpc) is 3.26. The number of likely N-dealkylation sites (N-methyl/N-ethyl adjacent to an activating group) is 1. The maximum Gasteiger partial charge on any atom is 0.251 e. The summed E-state index contributed by atoms with van der Waals surface area (Å²) in [6, 6.07) is 13.4. The van der Waals surface area contributed by atoms with Crippen molar-refractivity contribution in [2.45, 2.75) is 12.5 Å². The molecular weight excluding hydrogens is 394 g/mol. The van der Waals surface area contributed by atoms with Crippen LogP contribution in [0.4, 0.5) is 5.95 Å². The number of fused-ring (bicyclic) bond motifs is 1. The summed E-state index contributed by atoms with van der Waals surface area (Å²) in [7, 11) is 3.95. The number of carbonyl (C=O) groups excluding carboxylic acids is 1. The number of hydrogen-bond donors (Lipinski definition) is 2. The van der Waals surface area contributed by atoms with Gasteiger partial charge >= 0.3 is 0 Å². The number of hydrogen-bond acceptors (Lipinski definition) is 7. The van der Waals surface area contributed by atoms with Crippen molar-refractivity contribution in [3.05, 3.63) is 48.0 Å². The third-order valence-electron chi connectivity index (χ3n) is 5.17. The highest BCUT2D eigenvalue weighted by Gasteiger charge is 2.20. The Labute approximate surface area is 181 Å². The molecule has 2 heterocycles. The van der Waals surface area contributed by atoms with Crippen LogP contribution in [0.2, 0.25) is 0 Å². The monoisotopic (exact) mass is 421 g/mol. The molecule has 1 fully saturated rings. The van der Waals surface area contributed by atoms with Crippen LogP contribution in [0.15, 0.2) is 42.5 Å². The Bertz CT molecular complexity index is 1060. The zero-order chi connectivity index (χ0) is 21.8. The van der Waals surface area contributed by atoms with E-state index in [9.17, 15) is 4.79 Å². The summed E-state index contributed by atoms with van der Waals surface area (Å²) in [6.45, 7) is 2.63. The summed E-state index contributed by atoms with van der Waals surface area (Å²) in [4.78, 5) is 23.0. The minimum absolute atomic E-state index is 0.0357. The van der Waals surface area contributed by atoms with Crippen LogP contribution in [0.5, 0.6) is 5.88 Å². The highest BCUT2D eigenvalue weighted by molar-refractivity contribution is 5.95. The second-order valence-corrected chi connectivity index (χ2v) is 7.86. The number of nitrogen functional groups attached to an aromatic ring is 1. The lowest BCUT2D eigenvalue weighted by molar-refractivity contribution is 0.0951. The normalized spacial score (nSPS) is 16.0. The van der Waals surface area contributed by atoms with Gasteiger partial charge in [0.2, 0.25) is 11.8 Å². The molecule has 1 atom stereocenters. The molecule has 0 spiro atoms. The standard InChI is InChI=1S/C23H27N5O3/c1-28(2)11-10-25-21(29)16-5-3-15(4-6-16)17-7-8-20-19(13-17)22(27-23(24)26-20)31-18-9-12-30-14-18/h3-8,13,18H,9-12,14H2,1-2H3,(H,25,29)(H2,24,26,27). The van der Waals surface area contributed by atoms with Crippen molar-refractivity contribution in [3.8, 4) is 17.0 Å². The first-order valence-corrected chi connectivity index (χ1v) is 10.3. The quantitative estimate of drug-likeness (QED) is 0.604. The van der Waals surface area contributed by atoms with Gasteiger partial charge in [-0.3, -0.25) is 4.79 Å². The molecule has 8 heteroatoms. The Kier molecular flexibility index (Phi) is 6.29. The number of nitrogens with zero attached hydrogens (tertiary/aromatic N) is 3. The molecule has 0 radical (unpaired) electrons. The Hall–Kier alpha value is -3.23. The molecule has 3 aromatic rings. The van der Waals surface area contributed by atoms with Crippen LogP contribution in [-0.4, -0.2) is 67.3 Å². The number of amides is 1. The van der Waals surface area contributed by atoms with Crippen LogP contribution in [-0.2, 0) is 4.74 Å². The summed E-state index contributed by atoms with van der Waals surface area (Å²) in [5.41, 5.74) is 9.19. The van der Waals surface area contributed by atoms with E-state index in [-0.39, 0.29) is 18.0 Å². The van der Waals surface area contributed by atoms with Crippen LogP contribution >= 0.6 is 0 Å². The van der Waals surface area contributed by atoms with Gasteiger partial charge in [-0.05, 0) is 49.5 Å². The summed E-state index contributed by atoms with van der Waals surface area (Å²) in [5.74, 6) is 0.570. The van der Waals surface area contributed by atoms with E-state index in [2.05, 4.69) is 15.3 Å². The molecule has 1 amide bonds. The van der Waals surface area contributed by atoms with Crippen molar-refractivity contribution in [1.29, 1.82) is 0 Å². The molecule has 1 aromatic heterocycles. The first-order valence-electron chi connectivity index (χ1n) is 10.3.